The van der Waals surface area contributed by atoms with Gasteiger partial charge in [-0.25, -0.2) is 13.4 Å². The Hall–Kier alpha value is -3.05. The Morgan fingerprint density at radius 1 is 1.24 bits per heavy atom. The van der Waals surface area contributed by atoms with E-state index in [2.05, 4.69) is 15.0 Å². The number of thioether (sulfide) groups is 1. The number of hydrogen-bond acceptors (Lipinski definition) is 8. The number of aromatic nitrogens is 2. The molecule has 1 aromatic carbocycles. The third kappa shape index (κ3) is 5.20. The van der Waals surface area contributed by atoms with Gasteiger partial charge >= 0.3 is 0 Å². The van der Waals surface area contributed by atoms with Crippen LogP contribution in [0.25, 0.3) is 10.9 Å². The van der Waals surface area contributed by atoms with Crippen molar-refractivity contribution in [1.82, 2.24) is 9.97 Å². The van der Waals surface area contributed by atoms with Crippen molar-refractivity contribution in [2.45, 2.75) is 37.0 Å². The first-order valence-electron chi connectivity index (χ1n) is 10.7. The fourth-order valence-electron chi connectivity index (χ4n) is 3.46. The highest BCUT2D eigenvalue weighted by molar-refractivity contribution is 8.15. The Kier molecular flexibility index (Phi) is 6.59. The second-order valence-corrected chi connectivity index (χ2v) is 11.7. The number of sulfone groups is 1. The quantitative estimate of drug-likeness (QED) is 0.481. The molecule has 2 unspecified atom stereocenters. The molecule has 3 heterocycles. The van der Waals surface area contributed by atoms with E-state index in [1.807, 2.05) is 32.9 Å². The minimum absolute atomic E-state index is 0.00479. The van der Waals surface area contributed by atoms with Gasteiger partial charge in [0, 0.05) is 41.1 Å². The molecule has 0 radical (unpaired) electrons. The molecule has 0 spiro atoms. The Labute approximate surface area is 202 Å². The summed E-state index contributed by atoms with van der Waals surface area (Å²) in [5, 5.41) is 1.67. The zero-order valence-electron chi connectivity index (χ0n) is 19.2. The van der Waals surface area contributed by atoms with Crippen LogP contribution in [-0.4, -0.2) is 53.5 Å². The molecule has 9 nitrogen and oxygen atoms in total. The van der Waals surface area contributed by atoms with Gasteiger partial charge in [-0.2, -0.15) is 0 Å². The van der Waals surface area contributed by atoms with E-state index in [1.54, 1.807) is 6.07 Å². The maximum Gasteiger partial charge on any atom is 0.221 e. The molecule has 1 aliphatic rings. The average Bonchev–Trinajstić information content (AvgIpc) is 3.40. The lowest BCUT2D eigenvalue weighted by molar-refractivity contribution is -0.121. The van der Waals surface area contributed by atoms with Gasteiger partial charge in [-0.3, -0.25) is 9.79 Å². The van der Waals surface area contributed by atoms with E-state index in [-0.39, 0.29) is 34.0 Å². The molecule has 0 saturated carbocycles. The number of amides is 1. The van der Waals surface area contributed by atoms with E-state index in [9.17, 15) is 13.2 Å². The van der Waals surface area contributed by atoms with E-state index in [0.717, 1.165) is 27.9 Å². The van der Waals surface area contributed by atoms with Gasteiger partial charge in [0.2, 0.25) is 11.8 Å². The lowest BCUT2D eigenvalue weighted by atomic mass is 10.1. The molecule has 3 N–H and O–H groups in total. The van der Waals surface area contributed by atoms with E-state index >= 15 is 0 Å². The number of H-pyrrole nitrogens is 1. The summed E-state index contributed by atoms with van der Waals surface area (Å²) in [6, 6.07) is 8.53. The van der Waals surface area contributed by atoms with E-state index in [0.29, 0.717) is 18.0 Å². The van der Waals surface area contributed by atoms with Gasteiger partial charge in [-0.15, -0.1) is 0 Å². The maximum atomic E-state index is 11.7. The number of aromatic amines is 1. The number of rotatable bonds is 8. The topological polar surface area (TPSA) is 137 Å². The monoisotopic (exact) mass is 502 g/mol. The molecule has 3 aromatic rings. The van der Waals surface area contributed by atoms with Crippen molar-refractivity contribution >= 4 is 43.5 Å². The molecule has 4 rings (SSSR count). The Bertz CT molecular complexity index is 1360. The molecule has 1 aliphatic heterocycles. The van der Waals surface area contributed by atoms with Gasteiger partial charge in [0.1, 0.15) is 16.5 Å². The number of ether oxygens (including phenoxy) is 2. The van der Waals surface area contributed by atoms with Crippen molar-refractivity contribution in [3.63, 3.8) is 0 Å². The standard InChI is InChI=1S/C23H26N4O5S2/c1-12(2)31-18-9-15(32-20-6-5-16(10-25-20)34(4,29)30)7-14-8-17(27-21(14)18)23-26-11-19(33-23)13(3)22(24)28/h5-10,12-13,19,27H,11H2,1-4H3,(H2,24,28). The molecular formula is C23H26N4O5S2. The van der Waals surface area contributed by atoms with Crippen molar-refractivity contribution < 1.29 is 22.7 Å². The molecule has 0 aliphatic carbocycles. The molecule has 2 atom stereocenters. The minimum atomic E-state index is -3.34. The second-order valence-electron chi connectivity index (χ2n) is 8.43. The first kappa shape index (κ1) is 24.1. The van der Waals surface area contributed by atoms with Crippen molar-refractivity contribution in [2.75, 3.05) is 12.8 Å². The first-order chi connectivity index (χ1) is 16.0. The largest absolute Gasteiger partial charge is 0.489 e. The number of primary amides is 1. The summed E-state index contributed by atoms with van der Waals surface area (Å²) in [4.78, 5) is 23.8. The summed E-state index contributed by atoms with van der Waals surface area (Å²) >= 11 is 1.53. The number of fused-ring (bicyclic) bond motifs is 1. The zero-order chi connectivity index (χ0) is 24.6. The predicted molar refractivity (Wildman–Crippen MR) is 133 cm³/mol. The summed E-state index contributed by atoms with van der Waals surface area (Å²) in [7, 11) is -3.34. The molecule has 1 amide bonds. The van der Waals surface area contributed by atoms with Crippen LogP contribution in [0.4, 0.5) is 0 Å². The summed E-state index contributed by atoms with van der Waals surface area (Å²) in [5.74, 6) is 0.744. The van der Waals surface area contributed by atoms with Gasteiger partial charge < -0.3 is 20.2 Å². The molecule has 0 bridgehead atoms. The van der Waals surface area contributed by atoms with E-state index in [1.165, 1.54) is 30.1 Å². The van der Waals surface area contributed by atoms with Crippen molar-refractivity contribution in [3.8, 4) is 17.4 Å². The summed E-state index contributed by atoms with van der Waals surface area (Å²) in [6.45, 7) is 6.21. The van der Waals surface area contributed by atoms with Crippen molar-refractivity contribution in [1.29, 1.82) is 0 Å². The number of pyridine rings is 1. The number of nitrogens with two attached hydrogens (primary N) is 1. The lowest BCUT2D eigenvalue weighted by Gasteiger charge is -2.13. The lowest BCUT2D eigenvalue weighted by Crippen LogP contribution is -2.30. The van der Waals surface area contributed by atoms with Crippen LogP contribution in [-0.2, 0) is 14.6 Å². The number of nitrogens with one attached hydrogen (secondary N) is 1. The third-order valence-corrected chi connectivity index (χ3v) is 7.83. The maximum absolute atomic E-state index is 11.7. The molecule has 11 heteroatoms. The van der Waals surface area contributed by atoms with Gasteiger partial charge in [-0.05, 0) is 32.0 Å². The van der Waals surface area contributed by atoms with Crippen LogP contribution in [0.15, 0.2) is 46.4 Å². The number of carbonyl (C=O) groups is 1. The Morgan fingerprint density at radius 3 is 2.62 bits per heavy atom. The van der Waals surface area contributed by atoms with Crippen molar-refractivity contribution in [3.05, 3.63) is 42.2 Å². The Morgan fingerprint density at radius 2 is 2.00 bits per heavy atom. The van der Waals surface area contributed by atoms with Crippen LogP contribution in [0.2, 0.25) is 0 Å². The highest BCUT2D eigenvalue weighted by Gasteiger charge is 2.30. The smallest absolute Gasteiger partial charge is 0.221 e. The molecule has 34 heavy (non-hydrogen) atoms. The zero-order valence-corrected chi connectivity index (χ0v) is 20.9. The van der Waals surface area contributed by atoms with Crippen molar-refractivity contribution in [2.24, 2.45) is 16.6 Å². The normalized spacial score (nSPS) is 17.1. The van der Waals surface area contributed by atoms with Crippen LogP contribution in [0, 0.1) is 5.92 Å². The van der Waals surface area contributed by atoms with Gasteiger partial charge in [0.05, 0.1) is 28.8 Å². The molecule has 0 saturated heterocycles. The molecule has 0 fully saturated rings. The number of aliphatic imine (C=N–C) groups is 1. The molecular weight excluding hydrogens is 476 g/mol. The van der Waals surface area contributed by atoms with Gasteiger partial charge in [0.25, 0.3) is 0 Å². The average molecular weight is 503 g/mol. The number of hydrogen-bond donors (Lipinski definition) is 2. The summed E-state index contributed by atoms with van der Waals surface area (Å²) in [5.41, 5.74) is 7.08. The van der Waals surface area contributed by atoms with Crippen LogP contribution < -0.4 is 15.2 Å². The number of benzene rings is 1. The van der Waals surface area contributed by atoms with E-state index in [4.69, 9.17) is 15.2 Å². The molecule has 180 valence electrons. The number of nitrogens with zero attached hydrogens (tertiary/aromatic N) is 2. The SMILES string of the molecule is CC(C)Oc1cc(Oc2ccc(S(C)(=O)=O)cn2)cc2cc(C3=NCC(C(C)C(N)=O)S3)[nH]c12. The number of carbonyl (C=O) groups excluding carboxylic acids is 1. The first-order valence-corrected chi connectivity index (χ1v) is 13.5. The summed E-state index contributed by atoms with van der Waals surface area (Å²) < 4.78 is 35.2. The fraction of sp³-hybridized carbons (Fsp3) is 0.348. The molecule has 2 aromatic heterocycles. The third-order valence-electron chi connectivity index (χ3n) is 5.30. The van der Waals surface area contributed by atoms with Crippen LogP contribution in [0.3, 0.4) is 0 Å². The Balaban J connectivity index is 1.64. The predicted octanol–water partition coefficient (Wildman–Crippen LogP) is 3.53. The highest BCUT2D eigenvalue weighted by atomic mass is 32.2. The van der Waals surface area contributed by atoms with Crippen LogP contribution >= 0.6 is 11.8 Å². The van der Waals surface area contributed by atoms with E-state index < -0.39 is 9.84 Å². The second kappa shape index (κ2) is 9.30. The van der Waals surface area contributed by atoms with Gasteiger partial charge in [0.15, 0.2) is 9.84 Å². The summed E-state index contributed by atoms with van der Waals surface area (Å²) in [6.07, 6.45) is 2.32. The fourth-order valence-corrected chi connectivity index (χ4v) is 5.18. The van der Waals surface area contributed by atoms with Crippen LogP contribution in [0.5, 0.6) is 17.4 Å². The van der Waals surface area contributed by atoms with Crippen LogP contribution in [0.1, 0.15) is 26.5 Å². The minimum Gasteiger partial charge on any atom is -0.489 e. The van der Waals surface area contributed by atoms with Gasteiger partial charge in [-0.1, -0.05) is 18.7 Å². The highest BCUT2D eigenvalue weighted by Crippen LogP contribution is 2.37.